The molecule has 0 aromatic heterocycles. The topological polar surface area (TPSA) is 55.1 Å². The van der Waals surface area contributed by atoms with Gasteiger partial charge in [-0.15, -0.1) is 0 Å². The van der Waals surface area contributed by atoms with Crippen molar-refractivity contribution in [3.05, 3.63) is 0 Å². The molecule has 3 heteroatoms. The van der Waals surface area contributed by atoms with Crippen LogP contribution in [0.25, 0.3) is 0 Å². The van der Waals surface area contributed by atoms with E-state index in [1.54, 1.807) is 0 Å². The van der Waals surface area contributed by atoms with Gasteiger partial charge in [0.15, 0.2) is 0 Å². The number of carbonyl (C=O) groups is 1. The van der Waals surface area contributed by atoms with Crippen LogP contribution in [0.5, 0.6) is 0 Å². The first kappa shape index (κ1) is 13.4. The van der Waals surface area contributed by atoms with E-state index >= 15 is 0 Å². The van der Waals surface area contributed by atoms with Gasteiger partial charge in [0, 0.05) is 12.5 Å². The van der Waals surface area contributed by atoms with Gasteiger partial charge in [0.25, 0.3) is 0 Å². The molecule has 2 atom stereocenters. The van der Waals surface area contributed by atoms with E-state index in [1.165, 1.54) is 0 Å². The van der Waals surface area contributed by atoms with E-state index in [9.17, 15) is 4.79 Å². The summed E-state index contributed by atoms with van der Waals surface area (Å²) >= 11 is 0. The molecule has 1 unspecified atom stereocenters. The molecule has 0 aromatic carbocycles. The van der Waals surface area contributed by atoms with Crippen LogP contribution < -0.4 is 11.1 Å². The maximum atomic E-state index is 11.5. The van der Waals surface area contributed by atoms with Crippen LogP contribution in [0.4, 0.5) is 0 Å². The summed E-state index contributed by atoms with van der Waals surface area (Å²) in [6.07, 6.45) is 2.97. The summed E-state index contributed by atoms with van der Waals surface area (Å²) < 4.78 is 0. The molecule has 14 heavy (non-hydrogen) atoms. The van der Waals surface area contributed by atoms with Crippen molar-refractivity contribution >= 4 is 5.91 Å². The van der Waals surface area contributed by atoms with Gasteiger partial charge >= 0.3 is 0 Å². The highest BCUT2D eigenvalue weighted by atomic mass is 16.1. The minimum absolute atomic E-state index is 0.121. The van der Waals surface area contributed by atoms with E-state index in [4.69, 9.17) is 5.73 Å². The van der Waals surface area contributed by atoms with Crippen LogP contribution in [0.1, 0.15) is 40.0 Å². The molecule has 0 rings (SSSR count). The molecule has 0 heterocycles. The van der Waals surface area contributed by atoms with E-state index < -0.39 is 0 Å². The van der Waals surface area contributed by atoms with Crippen molar-refractivity contribution in [1.29, 1.82) is 0 Å². The van der Waals surface area contributed by atoms with Crippen molar-refractivity contribution in [2.45, 2.75) is 40.0 Å². The number of nitrogens with two attached hydrogens (primary N) is 1. The second kappa shape index (κ2) is 7.80. The monoisotopic (exact) mass is 200 g/mol. The first-order chi connectivity index (χ1) is 6.61. The molecule has 3 nitrogen and oxygen atoms in total. The van der Waals surface area contributed by atoms with Gasteiger partial charge in [0.1, 0.15) is 0 Å². The zero-order chi connectivity index (χ0) is 11.0. The van der Waals surface area contributed by atoms with Gasteiger partial charge in [-0.05, 0) is 31.7 Å². The van der Waals surface area contributed by atoms with Gasteiger partial charge in [-0.2, -0.15) is 0 Å². The molecule has 0 bridgehead atoms. The molecule has 0 aliphatic rings. The van der Waals surface area contributed by atoms with Crippen LogP contribution in [0.15, 0.2) is 0 Å². The van der Waals surface area contributed by atoms with Crippen LogP contribution in [0, 0.1) is 11.8 Å². The second-order valence-corrected chi connectivity index (χ2v) is 4.11. The molecule has 0 aromatic rings. The molecule has 84 valence electrons. The van der Waals surface area contributed by atoms with E-state index in [-0.39, 0.29) is 11.8 Å². The van der Waals surface area contributed by atoms with Gasteiger partial charge in [-0.1, -0.05) is 20.8 Å². The fraction of sp³-hybridized carbons (Fsp3) is 0.909. The normalized spacial score (nSPS) is 14.9. The van der Waals surface area contributed by atoms with Crippen molar-refractivity contribution in [3.8, 4) is 0 Å². The molecule has 0 radical (unpaired) electrons. The van der Waals surface area contributed by atoms with Crippen LogP contribution in [-0.2, 0) is 4.79 Å². The molecule has 0 fully saturated rings. The fourth-order valence-electron chi connectivity index (χ4n) is 1.21. The number of rotatable bonds is 7. The molecular formula is C11H24N2O. The third-order valence-electron chi connectivity index (χ3n) is 2.49. The highest BCUT2D eigenvalue weighted by Gasteiger charge is 2.12. The van der Waals surface area contributed by atoms with Gasteiger partial charge < -0.3 is 11.1 Å². The molecule has 1 amide bonds. The third kappa shape index (κ3) is 5.97. The van der Waals surface area contributed by atoms with Gasteiger partial charge in [-0.3, -0.25) is 4.79 Å². The maximum Gasteiger partial charge on any atom is 0.222 e. The molecule has 0 spiro atoms. The zero-order valence-electron chi connectivity index (χ0n) is 9.68. The third-order valence-corrected chi connectivity index (χ3v) is 2.49. The van der Waals surface area contributed by atoms with Crippen LogP contribution in [0.3, 0.4) is 0 Å². The summed E-state index contributed by atoms with van der Waals surface area (Å²) in [7, 11) is 0. The number of hydrogen-bond donors (Lipinski definition) is 2. The molecule has 0 saturated carbocycles. The van der Waals surface area contributed by atoms with Crippen molar-refractivity contribution in [2.24, 2.45) is 17.6 Å². The summed E-state index contributed by atoms with van der Waals surface area (Å²) in [5.74, 6) is 0.822. The predicted octanol–water partition coefficient (Wildman–Crippen LogP) is 1.52. The minimum atomic E-state index is 0.121. The average Bonchev–Trinajstić information content (AvgIpc) is 2.21. The Kier molecular flexibility index (Phi) is 7.48. The smallest absolute Gasteiger partial charge is 0.222 e. The van der Waals surface area contributed by atoms with Crippen molar-refractivity contribution in [3.63, 3.8) is 0 Å². The Morgan fingerprint density at radius 1 is 1.36 bits per heavy atom. The summed E-state index contributed by atoms with van der Waals surface area (Å²) in [6, 6.07) is 0. The van der Waals surface area contributed by atoms with Gasteiger partial charge in [-0.25, -0.2) is 0 Å². The van der Waals surface area contributed by atoms with Crippen LogP contribution in [0.2, 0.25) is 0 Å². The largest absolute Gasteiger partial charge is 0.356 e. The Bertz CT molecular complexity index is 159. The van der Waals surface area contributed by atoms with Gasteiger partial charge in [0.2, 0.25) is 5.91 Å². The summed E-state index contributed by atoms with van der Waals surface area (Å²) in [6.45, 7) is 7.66. The van der Waals surface area contributed by atoms with Gasteiger partial charge in [0.05, 0.1) is 0 Å². The molecule has 3 N–H and O–H groups in total. The van der Waals surface area contributed by atoms with E-state index in [1.807, 2.05) is 6.92 Å². The Labute approximate surface area is 87.4 Å². The predicted molar refractivity (Wildman–Crippen MR) is 59.9 cm³/mol. The zero-order valence-corrected chi connectivity index (χ0v) is 9.68. The highest BCUT2D eigenvalue weighted by molar-refractivity contribution is 5.78. The van der Waals surface area contributed by atoms with Crippen molar-refractivity contribution in [2.75, 3.05) is 13.1 Å². The van der Waals surface area contributed by atoms with E-state index in [0.29, 0.717) is 12.5 Å². The molecule has 0 saturated heterocycles. The van der Waals surface area contributed by atoms with Crippen LogP contribution >= 0.6 is 0 Å². The molecular weight excluding hydrogens is 176 g/mol. The first-order valence-electron chi connectivity index (χ1n) is 5.59. The SMILES string of the molecule is CCCNC(=O)[C@H](C)CCC(C)CN. The number of amides is 1. The lowest BCUT2D eigenvalue weighted by Gasteiger charge is -2.13. The lowest BCUT2D eigenvalue weighted by molar-refractivity contribution is -0.124. The summed E-state index contributed by atoms with van der Waals surface area (Å²) in [5.41, 5.74) is 5.51. The second-order valence-electron chi connectivity index (χ2n) is 4.11. The number of hydrogen-bond acceptors (Lipinski definition) is 2. The van der Waals surface area contributed by atoms with E-state index in [0.717, 1.165) is 25.8 Å². The Balaban J connectivity index is 3.61. The maximum absolute atomic E-state index is 11.5. The van der Waals surface area contributed by atoms with Crippen molar-refractivity contribution < 1.29 is 4.79 Å². The number of carbonyl (C=O) groups excluding carboxylic acids is 1. The lowest BCUT2D eigenvalue weighted by Crippen LogP contribution is -2.30. The average molecular weight is 200 g/mol. The fourth-order valence-corrected chi connectivity index (χ4v) is 1.21. The van der Waals surface area contributed by atoms with E-state index in [2.05, 4.69) is 19.2 Å². The van der Waals surface area contributed by atoms with Crippen LogP contribution in [-0.4, -0.2) is 19.0 Å². The summed E-state index contributed by atoms with van der Waals surface area (Å²) in [4.78, 5) is 11.5. The quantitative estimate of drug-likeness (QED) is 0.654. The molecule has 0 aliphatic carbocycles. The Hall–Kier alpha value is -0.570. The Morgan fingerprint density at radius 3 is 2.50 bits per heavy atom. The first-order valence-corrected chi connectivity index (χ1v) is 5.59. The standard InChI is InChI=1S/C11H24N2O/c1-4-7-13-11(14)10(3)6-5-9(2)8-12/h9-10H,4-8,12H2,1-3H3,(H,13,14)/t9?,10-/m1/s1. The minimum Gasteiger partial charge on any atom is -0.356 e. The number of nitrogens with one attached hydrogen (secondary N) is 1. The Morgan fingerprint density at radius 2 is 2.00 bits per heavy atom. The van der Waals surface area contributed by atoms with Crippen molar-refractivity contribution in [1.82, 2.24) is 5.32 Å². The molecule has 0 aliphatic heterocycles. The lowest BCUT2D eigenvalue weighted by atomic mass is 9.97. The highest BCUT2D eigenvalue weighted by Crippen LogP contribution is 2.11. The summed E-state index contributed by atoms with van der Waals surface area (Å²) in [5, 5.41) is 2.90.